The van der Waals surface area contributed by atoms with E-state index in [-0.39, 0.29) is 12.1 Å². The summed E-state index contributed by atoms with van der Waals surface area (Å²) in [7, 11) is 0. The number of benzene rings is 1. The Hall–Kier alpha value is -1.95. The molecule has 1 N–H and O–H groups in total. The number of rotatable bonds is 3. The molecule has 124 valence electrons. The first-order valence-corrected chi connectivity index (χ1v) is 7.94. The Kier molecular flexibility index (Phi) is 4.61. The number of hydrogen-bond donors (Lipinski definition) is 1. The molecule has 0 aliphatic carbocycles. The molecule has 23 heavy (non-hydrogen) atoms. The van der Waals surface area contributed by atoms with Crippen molar-refractivity contribution in [2.45, 2.75) is 25.4 Å². The summed E-state index contributed by atoms with van der Waals surface area (Å²) in [6, 6.07) is 3.57. The van der Waals surface area contributed by atoms with Gasteiger partial charge in [0.05, 0.1) is 6.04 Å². The first-order valence-electron chi connectivity index (χ1n) is 7.94. The van der Waals surface area contributed by atoms with Crippen LogP contribution in [-0.2, 0) is 0 Å². The van der Waals surface area contributed by atoms with Gasteiger partial charge in [-0.05, 0) is 31.0 Å². The van der Waals surface area contributed by atoms with Crippen LogP contribution < -0.4 is 5.32 Å². The number of carbonyl (C=O) groups is 1. The van der Waals surface area contributed by atoms with E-state index in [2.05, 4.69) is 22.4 Å². The minimum absolute atomic E-state index is 0.156. The Morgan fingerprint density at radius 2 is 2.00 bits per heavy atom. The molecule has 4 nitrogen and oxygen atoms in total. The number of halogens is 2. The molecule has 0 aromatic heterocycles. The van der Waals surface area contributed by atoms with Gasteiger partial charge in [0.2, 0.25) is 0 Å². The lowest BCUT2D eigenvalue weighted by atomic mass is 10.1. The van der Waals surface area contributed by atoms with Gasteiger partial charge in [-0.2, -0.15) is 0 Å². The molecule has 2 amide bonds. The van der Waals surface area contributed by atoms with Crippen molar-refractivity contribution in [3.63, 3.8) is 0 Å². The van der Waals surface area contributed by atoms with Gasteiger partial charge < -0.3 is 10.2 Å². The molecule has 1 fully saturated rings. The van der Waals surface area contributed by atoms with E-state index in [9.17, 15) is 13.6 Å². The Labute approximate surface area is 134 Å². The zero-order valence-corrected chi connectivity index (χ0v) is 13.1. The van der Waals surface area contributed by atoms with Crippen LogP contribution in [0.5, 0.6) is 0 Å². The molecule has 0 radical (unpaired) electrons. The van der Waals surface area contributed by atoms with Crippen LogP contribution in [0.15, 0.2) is 30.4 Å². The summed E-state index contributed by atoms with van der Waals surface area (Å²) < 4.78 is 26.3. The summed E-state index contributed by atoms with van der Waals surface area (Å²) in [4.78, 5) is 16.5. The summed E-state index contributed by atoms with van der Waals surface area (Å²) in [6.07, 6.45) is 5.26. The van der Waals surface area contributed by atoms with Crippen molar-refractivity contribution in [3.05, 3.63) is 47.5 Å². The van der Waals surface area contributed by atoms with Gasteiger partial charge in [-0.15, -0.1) is 0 Å². The molecule has 0 bridgehead atoms. The average Bonchev–Trinajstić information content (AvgIpc) is 3.20. The van der Waals surface area contributed by atoms with Crippen molar-refractivity contribution < 1.29 is 13.6 Å². The second-order valence-electron chi connectivity index (χ2n) is 6.16. The number of urea groups is 1. The first-order chi connectivity index (χ1) is 11.0. The third kappa shape index (κ3) is 3.52. The van der Waals surface area contributed by atoms with Crippen LogP contribution in [0, 0.1) is 11.6 Å². The lowest BCUT2D eigenvalue weighted by molar-refractivity contribution is 0.197. The molecule has 1 saturated heterocycles. The van der Waals surface area contributed by atoms with Crippen molar-refractivity contribution in [2.24, 2.45) is 0 Å². The monoisotopic (exact) mass is 321 g/mol. The summed E-state index contributed by atoms with van der Waals surface area (Å²) in [5, 5.41) is 2.86. The number of nitrogens with one attached hydrogen (secondary N) is 1. The van der Waals surface area contributed by atoms with Gasteiger partial charge >= 0.3 is 6.03 Å². The zero-order valence-electron chi connectivity index (χ0n) is 13.1. The molecule has 2 heterocycles. The lowest BCUT2D eigenvalue weighted by Crippen LogP contribution is -2.42. The third-order valence-corrected chi connectivity index (χ3v) is 4.60. The molecule has 0 spiro atoms. The third-order valence-electron chi connectivity index (χ3n) is 4.60. The SMILES string of the molecule is C[C@H](NC(=O)N1CC[C@@H](N2CC=CC2)C1)c1ccc(F)c(F)c1. The fraction of sp³-hybridized carbons (Fsp3) is 0.471. The van der Waals surface area contributed by atoms with Gasteiger partial charge in [-0.1, -0.05) is 18.2 Å². The molecular formula is C17H21F2N3O. The van der Waals surface area contributed by atoms with E-state index >= 15 is 0 Å². The van der Waals surface area contributed by atoms with E-state index in [0.29, 0.717) is 18.2 Å². The van der Waals surface area contributed by atoms with Crippen molar-refractivity contribution >= 4 is 6.03 Å². The molecule has 6 heteroatoms. The van der Waals surface area contributed by atoms with Crippen LogP contribution in [0.4, 0.5) is 13.6 Å². The van der Waals surface area contributed by atoms with Crippen molar-refractivity contribution in [2.75, 3.05) is 26.2 Å². The maximum Gasteiger partial charge on any atom is 0.317 e. The summed E-state index contributed by atoms with van der Waals surface area (Å²) >= 11 is 0. The fourth-order valence-corrected chi connectivity index (χ4v) is 3.16. The fourth-order valence-electron chi connectivity index (χ4n) is 3.16. The Balaban J connectivity index is 1.55. The minimum Gasteiger partial charge on any atom is -0.331 e. The highest BCUT2D eigenvalue weighted by molar-refractivity contribution is 5.75. The van der Waals surface area contributed by atoms with Crippen LogP contribution in [0.1, 0.15) is 24.9 Å². The van der Waals surface area contributed by atoms with E-state index in [1.807, 2.05) is 0 Å². The number of amides is 2. The Morgan fingerprint density at radius 3 is 2.70 bits per heavy atom. The normalized spacial score (nSPS) is 22.6. The van der Waals surface area contributed by atoms with Crippen LogP contribution >= 0.6 is 0 Å². The van der Waals surface area contributed by atoms with Crippen molar-refractivity contribution in [3.8, 4) is 0 Å². The topological polar surface area (TPSA) is 35.6 Å². The molecule has 2 atom stereocenters. The number of nitrogens with zero attached hydrogens (tertiary/aromatic N) is 2. The Morgan fingerprint density at radius 1 is 1.26 bits per heavy atom. The number of likely N-dealkylation sites (tertiary alicyclic amines) is 1. The van der Waals surface area contributed by atoms with Crippen LogP contribution in [-0.4, -0.2) is 48.1 Å². The van der Waals surface area contributed by atoms with E-state index in [1.165, 1.54) is 6.07 Å². The zero-order chi connectivity index (χ0) is 16.4. The Bertz CT molecular complexity index is 612. The second kappa shape index (κ2) is 6.66. The van der Waals surface area contributed by atoms with E-state index in [1.54, 1.807) is 11.8 Å². The van der Waals surface area contributed by atoms with Crippen LogP contribution in [0.25, 0.3) is 0 Å². The van der Waals surface area contributed by atoms with E-state index in [0.717, 1.165) is 38.2 Å². The predicted molar refractivity (Wildman–Crippen MR) is 84.0 cm³/mol. The van der Waals surface area contributed by atoms with E-state index < -0.39 is 11.6 Å². The van der Waals surface area contributed by atoms with Crippen molar-refractivity contribution in [1.82, 2.24) is 15.1 Å². The number of carbonyl (C=O) groups excluding carboxylic acids is 1. The highest BCUT2D eigenvalue weighted by Crippen LogP contribution is 2.20. The van der Waals surface area contributed by atoms with Gasteiger partial charge in [0.15, 0.2) is 11.6 Å². The minimum atomic E-state index is -0.897. The van der Waals surface area contributed by atoms with Gasteiger partial charge in [0, 0.05) is 32.2 Å². The van der Waals surface area contributed by atoms with Gasteiger partial charge in [-0.3, -0.25) is 4.90 Å². The molecule has 1 aromatic rings. The second-order valence-corrected chi connectivity index (χ2v) is 6.16. The highest BCUT2D eigenvalue weighted by atomic mass is 19.2. The predicted octanol–water partition coefficient (Wildman–Crippen LogP) is 2.68. The molecule has 2 aliphatic heterocycles. The lowest BCUT2D eigenvalue weighted by Gasteiger charge is -2.25. The van der Waals surface area contributed by atoms with Gasteiger partial charge in [0.1, 0.15) is 0 Å². The molecular weight excluding hydrogens is 300 g/mol. The molecule has 0 unspecified atom stereocenters. The largest absolute Gasteiger partial charge is 0.331 e. The van der Waals surface area contributed by atoms with Gasteiger partial charge in [0.25, 0.3) is 0 Å². The summed E-state index contributed by atoms with van der Waals surface area (Å²) in [5.74, 6) is -1.78. The quantitative estimate of drug-likeness (QED) is 0.869. The van der Waals surface area contributed by atoms with E-state index in [4.69, 9.17) is 0 Å². The van der Waals surface area contributed by atoms with Crippen molar-refractivity contribution in [1.29, 1.82) is 0 Å². The molecule has 3 rings (SSSR count). The smallest absolute Gasteiger partial charge is 0.317 e. The van der Waals surface area contributed by atoms with Crippen LogP contribution in [0.2, 0.25) is 0 Å². The summed E-state index contributed by atoms with van der Waals surface area (Å²) in [5.41, 5.74) is 0.553. The molecule has 1 aromatic carbocycles. The molecule has 0 saturated carbocycles. The first kappa shape index (κ1) is 15.9. The standard InChI is InChI=1S/C17H21F2N3O/c1-12(13-4-5-15(18)16(19)10-13)20-17(23)22-9-6-14(11-22)21-7-2-3-8-21/h2-5,10,12,14H,6-9,11H2,1H3,(H,20,23)/t12-,14+/m0/s1. The summed E-state index contributed by atoms with van der Waals surface area (Å²) in [6.45, 7) is 5.09. The average molecular weight is 321 g/mol. The highest BCUT2D eigenvalue weighted by Gasteiger charge is 2.31. The maximum absolute atomic E-state index is 13.3. The van der Waals surface area contributed by atoms with Crippen LogP contribution in [0.3, 0.4) is 0 Å². The van der Waals surface area contributed by atoms with Gasteiger partial charge in [-0.25, -0.2) is 13.6 Å². The maximum atomic E-state index is 13.3. The molecule has 2 aliphatic rings. The number of hydrogen-bond acceptors (Lipinski definition) is 2.